The van der Waals surface area contributed by atoms with Crippen LogP contribution in [0.15, 0.2) is 0 Å². The van der Waals surface area contributed by atoms with E-state index < -0.39 is 0 Å². The summed E-state index contributed by atoms with van der Waals surface area (Å²) in [5.74, 6) is 3.39. The van der Waals surface area contributed by atoms with E-state index in [4.69, 9.17) is 0 Å². The second kappa shape index (κ2) is 10.7. The van der Waals surface area contributed by atoms with E-state index in [1.54, 1.807) is 0 Å². The Morgan fingerprint density at radius 2 is 0.619 bits per heavy atom. The molecule has 0 rings (SSSR count). The normalized spacial score (nSPS) is 13.1. The zero-order valence-electron chi connectivity index (χ0n) is 16.5. The summed E-state index contributed by atoms with van der Waals surface area (Å²) in [6.07, 6.45) is 11.5. The van der Waals surface area contributed by atoms with Crippen LogP contribution in [0, 0.1) is 29.1 Å². The number of hydrogen-bond donors (Lipinski definition) is 0. The molecule has 0 atom stereocenters. The second-order valence-electron chi connectivity index (χ2n) is 9.23. The Balaban J connectivity index is 4.85. The molecular formula is C21H44. The molecule has 0 radical (unpaired) electrons. The van der Waals surface area contributed by atoms with Crippen molar-refractivity contribution in [3.05, 3.63) is 0 Å². The maximum atomic E-state index is 2.39. The van der Waals surface area contributed by atoms with E-state index >= 15 is 0 Å². The van der Waals surface area contributed by atoms with Crippen LogP contribution in [0.5, 0.6) is 0 Å². The molecule has 128 valence electrons. The number of hydrogen-bond acceptors (Lipinski definition) is 0. The van der Waals surface area contributed by atoms with Gasteiger partial charge in [-0.2, -0.15) is 0 Å². The summed E-state index contributed by atoms with van der Waals surface area (Å²) in [4.78, 5) is 0. The first kappa shape index (κ1) is 21.0. The molecule has 0 saturated carbocycles. The fraction of sp³-hybridized carbons (Fsp3) is 1.00. The van der Waals surface area contributed by atoms with E-state index in [0.29, 0.717) is 5.41 Å². The molecule has 0 amide bonds. The monoisotopic (exact) mass is 296 g/mol. The third-order valence-electron chi connectivity index (χ3n) is 5.01. The maximum Gasteiger partial charge on any atom is -0.0297 e. The van der Waals surface area contributed by atoms with E-state index in [9.17, 15) is 0 Å². The Bertz CT molecular complexity index is 181. The largest absolute Gasteiger partial charge is 0.0628 e. The highest BCUT2D eigenvalue weighted by Gasteiger charge is 2.29. The predicted octanol–water partition coefficient (Wildman–Crippen LogP) is 7.72. The SMILES string of the molecule is CC(C)CCC(CCC(C)C)(CCC(C)C)CCC(C)C. The molecule has 0 aromatic carbocycles. The summed E-state index contributed by atoms with van der Waals surface area (Å²) in [6.45, 7) is 19.1. The first-order valence-corrected chi connectivity index (χ1v) is 9.67. The van der Waals surface area contributed by atoms with E-state index in [1.165, 1.54) is 51.4 Å². The van der Waals surface area contributed by atoms with Crippen LogP contribution in [0.4, 0.5) is 0 Å². The second-order valence-corrected chi connectivity index (χ2v) is 9.23. The van der Waals surface area contributed by atoms with Crippen LogP contribution in [0.25, 0.3) is 0 Å². The highest BCUT2D eigenvalue weighted by molar-refractivity contribution is 4.81. The Morgan fingerprint density at radius 1 is 0.429 bits per heavy atom. The van der Waals surface area contributed by atoms with Crippen molar-refractivity contribution in [2.24, 2.45) is 29.1 Å². The van der Waals surface area contributed by atoms with Gasteiger partial charge in [0.05, 0.1) is 0 Å². The zero-order valence-corrected chi connectivity index (χ0v) is 16.5. The zero-order chi connectivity index (χ0) is 16.5. The first-order valence-electron chi connectivity index (χ1n) is 9.67. The summed E-state index contributed by atoms with van der Waals surface area (Å²) in [5.41, 5.74) is 0.628. The molecular weight excluding hydrogens is 252 g/mol. The van der Waals surface area contributed by atoms with Crippen molar-refractivity contribution in [3.8, 4) is 0 Å². The lowest BCUT2D eigenvalue weighted by Gasteiger charge is -2.37. The Kier molecular flexibility index (Phi) is 10.7. The fourth-order valence-electron chi connectivity index (χ4n) is 3.13. The standard InChI is InChI=1S/C21H44/c1-17(2)9-13-21(14-10-18(3)4,15-11-19(5)6)16-12-20(7)8/h17-20H,9-16H2,1-8H3. The molecule has 0 saturated heterocycles. The van der Waals surface area contributed by atoms with Gasteiger partial charge in [0.25, 0.3) is 0 Å². The Hall–Kier alpha value is 0. The fourth-order valence-corrected chi connectivity index (χ4v) is 3.13. The molecule has 0 spiro atoms. The highest BCUT2D eigenvalue weighted by atomic mass is 14.3. The summed E-state index contributed by atoms with van der Waals surface area (Å²) in [5, 5.41) is 0. The van der Waals surface area contributed by atoms with Gasteiger partial charge < -0.3 is 0 Å². The van der Waals surface area contributed by atoms with E-state index in [2.05, 4.69) is 55.4 Å². The summed E-state index contributed by atoms with van der Waals surface area (Å²) < 4.78 is 0. The van der Waals surface area contributed by atoms with E-state index in [1.807, 2.05) is 0 Å². The minimum absolute atomic E-state index is 0.628. The third-order valence-corrected chi connectivity index (χ3v) is 5.01. The molecule has 0 aliphatic carbocycles. The summed E-state index contributed by atoms with van der Waals surface area (Å²) in [7, 11) is 0. The van der Waals surface area contributed by atoms with Gasteiger partial charge >= 0.3 is 0 Å². The van der Waals surface area contributed by atoms with Crippen LogP contribution in [0.3, 0.4) is 0 Å². The van der Waals surface area contributed by atoms with Crippen molar-refractivity contribution in [1.82, 2.24) is 0 Å². The van der Waals surface area contributed by atoms with Crippen LogP contribution in [-0.2, 0) is 0 Å². The van der Waals surface area contributed by atoms with Crippen molar-refractivity contribution in [1.29, 1.82) is 0 Å². The van der Waals surface area contributed by atoms with Gasteiger partial charge in [-0.15, -0.1) is 0 Å². The summed E-state index contributed by atoms with van der Waals surface area (Å²) >= 11 is 0. The van der Waals surface area contributed by atoms with E-state index in [0.717, 1.165) is 23.7 Å². The molecule has 0 bridgehead atoms. The van der Waals surface area contributed by atoms with Crippen molar-refractivity contribution in [2.75, 3.05) is 0 Å². The Labute approximate surface area is 136 Å². The smallest absolute Gasteiger partial charge is 0.0297 e. The molecule has 0 unspecified atom stereocenters. The lowest BCUT2D eigenvalue weighted by molar-refractivity contribution is 0.150. The van der Waals surface area contributed by atoms with Crippen LogP contribution in [-0.4, -0.2) is 0 Å². The quantitative estimate of drug-likeness (QED) is 0.346. The third kappa shape index (κ3) is 11.2. The van der Waals surface area contributed by atoms with Gasteiger partial charge in [0.15, 0.2) is 0 Å². The molecule has 0 aliphatic heterocycles. The lowest BCUT2D eigenvalue weighted by atomic mass is 9.69. The lowest BCUT2D eigenvalue weighted by Crippen LogP contribution is -2.24. The van der Waals surface area contributed by atoms with Gasteiger partial charge in [-0.3, -0.25) is 0 Å². The molecule has 0 aliphatic rings. The van der Waals surface area contributed by atoms with Gasteiger partial charge in [0.2, 0.25) is 0 Å². The van der Waals surface area contributed by atoms with Crippen LogP contribution in [0.2, 0.25) is 0 Å². The van der Waals surface area contributed by atoms with Crippen LogP contribution >= 0.6 is 0 Å². The van der Waals surface area contributed by atoms with Crippen LogP contribution in [0.1, 0.15) is 107 Å². The van der Waals surface area contributed by atoms with Gasteiger partial charge in [0, 0.05) is 0 Å². The molecule has 0 N–H and O–H groups in total. The average Bonchev–Trinajstić information content (AvgIpc) is 2.36. The van der Waals surface area contributed by atoms with Crippen molar-refractivity contribution in [2.45, 2.75) is 107 Å². The molecule has 21 heavy (non-hydrogen) atoms. The van der Waals surface area contributed by atoms with Gasteiger partial charge in [-0.25, -0.2) is 0 Å². The van der Waals surface area contributed by atoms with Crippen molar-refractivity contribution in [3.63, 3.8) is 0 Å². The van der Waals surface area contributed by atoms with E-state index in [-0.39, 0.29) is 0 Å². The Morgan fingerprint density at radius 3 is 0.762 bits per heavy atom. The maximum absolute atomic E-state index is 2.39. The minimum Gasteiger partial charge on any atom is -0.0628 e. The molecule has 0 heteroatoms. The predicted molar refractivity (Wildman–Crippen MR) is 98.7 cm³/mol. The van der Waals surface area contributed by atoms with Gasteiger partial charge in [0.1, 0.15) is 0 Å². The van der Waals surface area contributed by atoms with Gasteiger partial charge in [-0.05, 0) is 54.8 Å². The molecule has 0 aromatic heterocycles. The molecule has 0 fully saturated rings. The minimum atomic E-state index is 0.628. The topological polar surface area (TPSA) is 0 Å². The highest BCUT2D eigenvalue weighted by Crippen LogP contribution is 2.43. The molecule has 0 heterocycles. The van der Waals surface area contributed by atoms with Crippen molar-refractivity contribution >= 4 is 0 Å². The first-order chi connectivity index (χ1) is 9.67. The average molecular weight is 297 g/mol. The van der Waals surface area contributed by atoms with Crippen LogP contribution < -0.4 is 0 Å². The van der Waals surface area contributed by atoms with Gasteiger partial charge in [-0.1, -0.05) is 81.1 Å². The number of rotatable bonds is 12. The molecule has 0 nitrogen and oxygen atoms in total. The van der Waals surface area contributed by atoms with Crippen molar-refractivity contribution < 1.29 is 0 Å². The molecule has 0 aromatic rings. The summed E-state index contributed by atoms with van der Waals surface area (Å²) in [6, 6.07) is 0.